The number of carbonyl (C=O) groups is 2. The van der Waals surface area contributed by atoms with Crippen LogP contribution in [0.25, 0.3) is 0 Å². The number of carbonyl (C=O) groups excluding carboxylic acids is 2. The van der Waals surface area contributed by atoms with Crippen molar-refractivity contribution >= 4 is 22.9 Å². The predicted octanol–water partition coefficient (Wildman–Crippen LogP) is 3.31. The molecular weight excluding hydrogens is 300 g/mol. The highest BCUT2D eigenvalue weighted by Crippen LogP contribution is 2.19. The molecule has 0 radical (unpaired) electrons. The second-order valence-electron chi connectivity index (χ2n) is 5.45. The lowest BCUT2D eigenvalue weighted by Gasteiger charge is -2.09. The zero-order valence-corrected chi connectivity index (χ0v) is 12.9. The Hall–Kier alpha value is -3.40. The molecule has 4 heteroatoms. The molecule has 0 fully saturated rings. The minimum absolute atomic E-state index is 0.214. The Kier molecular flexibility index (Phi) is 4.12. The van der Waals surface area contributed by atoms with E-state index in [0.717, 1.165) is 0 Å². The number of benzene rings is 3. The van der Waals surface area contributed by atoms with E-state index in [-0.39, 0.29) is 11.6 Å². The molecule has 3 rings (SSSR count). The first-order chi connectivity index (χ1) is 11.6. The van der Waals surface area contributed by atoms with Gasteiger partial charge in [0.05, 0.1) is 0 Å². The first kappa shape index (κ1) is 15.5. The summed E-state index contributed by atoms with van der Waals surface area (Å²) in [5.74, 6) is -0.427. The molecule has 0 atom stereocenters. The smallest absolute Gasteiger partial charge is 0.193 e. The number of hydrogen-bond donors (Lipinski definition) is 2. The molecule has 0 bridgehead atoms. The van der Waals surface area contributed by atoms with Gasteiger partial charge >= 0.3 is 0 Å². The number of ketones is 2. The van der Waals surface area contributed by atoms with Crippen LogP contribution in [0, 0.1) is 0 Å². The van der Waals surface area contributed by atoms with Crippen molar-refractivity contribution in [3.8, 4) is 0 Å². The molecule has 118 valence electrons. The summed E-state index contributed by atoms with van der Waals surface area (Å²) in [7, 11) is 0. The van der Waals surface area contributed by atoms with Gasteiger partial charge in [0, 0.05) is 33.6 Å². The van der Waals surface area contributed by atoms with Crippen LogP contribution < -0.4 is 11.5 Å². The Balaban J connectivity index is 2.01. The Bertz CT molecular complexity index is 821. The SMILES string of the molecule is Nc1ccc(C(=O)c2ccccc2C(=O)c2ccc(N)cc2)cc1. The summed E-state index contributed by atoms with van der Waals surface area (Å²) in [6.45, 7) is 0. The fraction of sp³-hybridized carbons (Fsp3) is 0. The van der Waals surface area contributed by atoms with Gasteiger partial charge in [-0.05, 0) is 48.5 Å². The summed E-state index contributed by atoms with van der Waals surface area (Å²) >= 11 is 0. The quantitative estimate of drug-likeness (QED) is 0.571. The van der Waals surface area contributed by atoms with Crippen LogP contribution in [-0.4, -0.2) is 11.6 Å². The standard InChI is InChI=1S/C20H16N2O2/c21-15-9-5-13(6-10-15)19(23)17-3-1-2-4-18(17)20(24)14-7-11-16(22)12-8-14/h1-12H,21-22H2. The van der Waals surface area contributed by atoms with Crippen molar-refractivity contribution in [1.29, 1.82) is 0 Å². The maximum atomic E-state index is 12.8. The van der Waals surface area contributed by atoms with Crippen LogP contribution in [0.1, 0.15) is 31.8 Å². The van der Waals surface area contributed by atoms with Crippen molar-refractivity contribution in [2.75, 3.05) is 11.5 Å². The minimum Gasteiger partial charge on any atom is -0.399 e. The molecule has 0 saturated heterocycles. The lowest BCUT2D eigenvalue weighted by molar-refractivity contribution is 0.100. The molecule has 0 aliphatic heterocycles. The molecule has 3 aromatic rings. The first-order valence-corrected chi connectivity index (χ1v) is 7.46. The molecule has 0 aliphatic carbocycles. The van der Waals surface area contributed by atoms with E-state index in [0.29, 0.717) is 33.6 Å². The van der Waals surface area contributed by atoms with Crippen molar-refractivity contribution in [2.24, 2.45) is 0 Å². The predicted molar refractivity (Wildman–Crippen MR) is 95.0 cm³/mol. The van der Waals surface area contributed by atoms with Gasteiger partial charge in [-0.3, -0.25) is 9.59 Å². The van der Waals surface area contributed by atoms with E-state index in [2.05, 4.69) is 0 Å². The third kappa shape index (κ3) is 3.03. The fourth-order valence-corrected chi connectivity index (χ4v) is 2.46. The number of hydrogen-bond acceptors (Lipinski definition) is 4. The van der Waals surface area contributed by atoms with Crippen LogP contribution in [0.5, 0.6) is 0 Å². The molecule has 0 amide bonds. The van der Waals surface area contributed by atoms with Gasteiger partial charge in [-0.15, -0.1) is 0 Å². The van der Waals surface area contributed by atoms with Gasteiger partial charge < -0.3 is 11.5 Å². The van der Waals surface area contributed by atoms with Crippen LogP contribution in [0.3, 0.4) is 0 Å². The molecule has 0 aromatic heterocycles. The van der Waals surface area contributed by atoms with Crippen molar-refractivity contribution in [3.63, 3.8) is 0 Å². The van der Waals surface area contributed by atoms with Gasteiger partial charge in [-0.25, -0.2) is 0 Å². The second-order valence-corrected chi connectivity index (χ2v) is 5.45. The molecule has 4 N–H and O–H groups in total. The van der Waals surface area contributed by atoms with Crippen LogP contribution >= 0.6 is 0 Å². The van der Waals surface area contributed by atoms with Crippen LogP contribution in [-0.2, 0) is 0 Å². The lowest BCUT2D eigenvalue weighted by Crippen LogP contribution is -2.11. The Morgan fingerprint density at radius 1 is 0.542 bits per heavy atom. The third-order valence-corrected chi connectivity index (χ3v) is 3.76. The highest BCUT2D eigenvalue weighted by molar-refractivity contribution is 6.19. The fourth-order valence-electron chi connectivity index (χ4n) is 2.46. The van der Waals surface area contributed by atoms with Gasteiger partial charge in [0.2, 0.25) is 0 Å². The topological polar surface area (TPSA) is 86.2 Å². The van der Waals surface area contributed by atoms with E-state index in [1.165, 1.54) is 0 Å². The van der Waals surface area contributed by atoms with Gasteiger partial charge in [-0.1, -0.05) is 24.3 Å². The van der Waals surface area contributed by atoms with Crippen molar-refractivity contribution in [1.82, 2.24) is 0 Å². The summed E-state index contributed by atoms with van der Waals surface area (Å²) in [6, 6.07) is 20.1. The van der Waals surface area contributed by atoms with E-state index in [4.69, 9.17) is 11.5 Å². The van der Waals surface area contributed by atoms with Crippen LogP contribution in [0.15, 0.2) is 72.8 Å². The largest absolute Gasteiger partial charge is 0.399 e. The van der Waals surface area contributed by atoms with Crippen molar-refractivity contribution in [3.05, 3.63) is 95.1 Å². The Morgan fingerprint density at radius 2 is 0.875 bits per heavy atom. The van der Waals surface area contributed by atoms with Crippen LogP contribution in [0.2, 0.25) is 0 Å². The third-order valence-electron chi connectivity index (χ3n) is 3.76. The molecule has 4 nitrogen and oxygen atoms in total. The Morgan fingerprint density at radius 3 is 1.21 bits per heavy atom. The zero-order chi connectivity index (χ0) is 17.1. The second kappa shape index (κ2) is 6.38. The van der Waals surface area contributed by atoms with E-state index < -0.39 is 0 Å². The summed E-state index contributed by atoms with van der Waals surface area (Å²) in [4.78, 5) is 25.5. The number of nitrogens with two attached hydrogens (primary N) is 2. The number of anilines is 2. The zero-order valence-electron chi connectivity index (χ0n) is 12.9. The molecule has 3 aromatic carbocycles. The number of nitrogen functional groups attached to an aromatic ring is 2. The first-order valence-electron chi connectivity index (χ1n) is 7.46. The molecule has 0 spiro atoms. The van der Waals surface area contributed by atoms with E-state index in [1.54, 1.807) is 72.8 Å². The molecule has 0 unspecified atom stereocenters. The van der Waals surface area contributed by atoms with Crippen LogP contribution in [0.4, 0.5) is 11.4 Å². The molecule has 24 heavy (non-hydrogen) atoms. The maximum Gasteiger partial charge on any atom is 0.193 e. The normalized spacial score (nSPS) is 10.3. The summed E-state index contributed by atoms with van der Waals surface area (Å²) < 4.78 is 0. The minimum atomic E-state index is -0.214. The molecule has 0 aliphatic rings. The van der Waals surface area contributed by atoms with E-state index in [9.17, 15) is 9.59 Å². The van der Waals surface area contributed by atoms with Gasteiger partial charge in [-0.2, -0.15) is 0 Å². The average molecular weight is 316 g/mol. The highest BCUT2D eigenvalue weighted by Gasteiger charge is 2.19. The highest BCUT2D eigenvalue weighted by atomic mass is 16.1. The van der Waals surface area contributed by atoms with Gasteiger partial charge in [0.25, 0.3) is 0 Å². The van der Waals surface area contributed by atoms with Crippen molar-refractivity contribution < 1.29 is 9.59 Å². The number of rotatable bonds is 4. The molecule has 0 heterocycles. The van der Waals surface area contributed by atoms with E-state index >= 15 is 0 Å². The van der Waals surface area contributed by atoms with Gasteiger partial charge in [0.1, 0.15) is 0 Å². The van der Waals surface area contributed by atoms with Gasteiger partial charge in [0.15, 0.2) is 11.6 Å². The Labute approximate surface area is 139 Å². The monoisotopic (exact) mass is 316 g/mol. The summed E-state index contributed by atoms with van der Waals surface area (Å²) in [5.41, 5.74) is 14.2. The lowest BCUT2D eigenvalue weighted by atomic mass is 9.93. The summed E-state index contributed by atoms with van der Waals surface area (Å²) in [5, 5.41) is 0. The average Bonchev–Trinajstić information content (AvgIpc) is 2.62. The molecule has 0 saturated carbocycles. The molecular formula is C20H16N2O2. The van der Waals surface area contributed by atoms with E-state index in [1.807, 2.05) is 0 Å². The van der Waals surface area contributed by atoms with Crippen molar-refractivity contribution in [2.45, 2.75) is 0 Å². The maximum absolute atomic E-state index is 12.8. The summed E-state index contributed by atoms with van der Waals surface area (Å²) in [6.07, 6.45) is 0.